The standard InChI is InChI=1S/C21H28N2O5/c1-21(13-24,14-7-5-4-6-8-14)22-20(25)17-12-19(28-23-17)16-11-15(26-2)9-10-18(16)27-3/h9-12,14,24H,4-8,13H2,1-3H3,(H,22,25). The highest BCUT2D eigenvalue weighted by Gasteiger charge is 2.36. The van der Waals surface area contributed by atoms with E-state index in [1.165, 1.54) is 6.42 Å². The fraction of sp³-hybridized carbons (Fsp3) is 0.524. The van der Waals surface area contributed by atoms with E-state index in [2.05, 4.69) is 10.5 Å². The summed E-state index contributed by atoms with van der Waals surface area (Å²) in [5.41, 5.74) is 0.130. The second-order valence-corrected chi connectivity index (χ2v) is 7.51. The van der Waals surface area contributed by atoms with Crippen LogP contribution >= 0.6 is 0 Å². The van der Waals surface area contributed by atoms with Gasteiger partial charge in [-0.15, -0.1) is 0 Å². The van der Waals surface area contributed by atoms with Gasteiger partial charge in [-0.05, 0) is 43.9 Å². The first kappa shape index (κ1) is 20.2. The monoisotopic (exact) mass is 388 g/mol. The van der Waals surface area contributed by atoms with Gasteiger partial charge in [0.1, 0.15) is 11.5 Å². The molecule has 28 heavy (non-hydrogen) atoms. The van der Waals surface area contributed by atoms with Crippen LogP contribution in [0.4, 0.5) is 0 Å². The van der Waals surface area contributed by atoms with Crippen molar-refractivity contribution >= 4 is 5.91 Å². The van der Waals surface area contributed by atoms with Crippen LogP contribution in [0.25, 0.3) is 11.3 Å². The van der Waals surface area contributed by atoms with Crippen molar-refractivity contribution < 1.29 is 23.9 Å². The Morgan fingerprint density at radius 3 is 2.64 bits per heavy atom. The number of aliphatic hydroxyl groups excluding tert-OH is 1. The smallest absolute Gasteiger partial charge is 0.273 e. The summed E-state index contributed by atoms with van der Waals surface area (Å²) in [5.74, 6) is 1.53. The molecule has 0 aliphatic heterocycles. The van der Waals surface area contributed by atoms with Crippen molar-refractivity contribution in [3.05, 3.63) is 30.0 Å². The van der Waals surface area contributed by atoms with E-state index in [0.717, 1.165) is 25.7 Å². The largest absolute Gasteiger partial charge is 0.497 e. The average Bonchev–Trinajstić information content (AvgIpc) is 3.24. The van der Waals surface area contributed by atoms with E-state index < -0.39 is 5.54 Å². The number of hydrogen-bond donors (Lipinski definition) is 2. The van der Waals surface area contributed by atoms with Gasteiger partial charge in [0.2, 0.25) is 0 Å². The van der Waals surface area contributed by atoms with Gasteiger partial charge in [0.05, 0.1) is 31.9 Å². The van der Waals surface area contributed by atoms with Gasteiger partial charge in [-0.3, -0.25) is 4.79 Å². The summed E-state index contributed by atoms with van der Waals surface area (Å²) in [7, 11) is 3.14. The fourth-order valence-electron chi connectivity index (χ4n) is 3.85. The van der Waals surface area contributed by atoms with Crippen LogP contribution in [0.2, 0.25) is 0 Å². The molecule has 1 aromatic heterocycles. The second kappa shape index (κ2) is 8.65. The molecule has 1 aliphatic rings. The van der Waals surface area contributed by atoms with Crippen LogP contribution < -0.4 is 14.8 Å². The number of nitrogens with zero attached hydrogens (tertiary/aromatic N) is 1. The lowest BCUT2D eigenvalue weighted by molar-refractivity contribution is 0.0672. The zero-order valence-electron chi connectivity index (χ0n) is 16.7. The van der Waals surface area contributed by atoms with E-state index in [1.807, 2.05) is 6.92 Å². The molecule has 0 bridgehead atoms. The highest BCUT2D eigenvalue weighted by atomic mass is 16.5. The number of hydrogen-bond acceptors (Lipinski definition) is 6. The molecule has 2 aromatic rings. The van der Waals surface area contributed by atoms with Crippen LogP contribution in [-0.2, 0) is 0 Å². The van der Waals surface area contributed by atoms with Crippen molar-refractivity contribution in [1.29, 1.82) is 0 Å². The minimum atomic E-state index is -0.676. The Morgan fingerprint density at radius 2 is 2.00 bits per heavy atom. The molecule has 7 heteroatoms. The molecule has 1 atom stereocenters. The Morgan fingerprint density at radius 1 is 1.25 bits per heavy atom. The maximum atomic E-state index is 12.8. The molecular weight excluding hydrogens is 360 g/mol. The lowest BCUT2D eigenvalue weighted by Crippen LogP contribution is -2.54. The molecule has 1 heterocycles. The SMILES string of the molecule is COc1ccc(OC)c(-c2cc(C(=O)NC(C)(CO)C3CCCCC3)no2)c1. The minimum absolute atomic E-state index is 0.113. The third-order valence-corrected chi connectivity index (χ3v) is 5.65. The number of carbonyl (C=O) groups is 1. The molecular formula is C21H28N2O5. The summed E-state index contributed by atoms with van der Waals surface area (Å²) in [6.45, 7) is 1.78. The average molecular weight is 388 g/mol. The summed E-state index contributed by atoms with van der Waals surface area (Å²) in [4.78, 5) is 12.8. The highest BCUT2D eigenvalue weighted by molar-refractivity contribution is 5.93. The highest BCUT2D eigenvalue weighted by Crippen LogP contribution is 2.35. The first-order valence-corrected chi connectivity index (χ1v) is 9.63. The van der Waals surface area contributed by atoms with Crippen molar-refractivity contribution in [2.45, 2.75) is 44.6 Å². The van der Waals surface area contributed by atoms with Crippen LogP contribution in [0.3, 0.4) is 0 Å². The van der Waals surface area contributed by atoms with Gasteiger partial charge in [0.25, 0.3) is 5.91 Å². The molecule has 0 saturated heterocycles. The number of amides is 1. The molecule has 1 amide bonds. The number of carbonyl (C=O) groups excluding carboxylic acids is 1. The van der Waals surface area contributed by atoms with Crippen LogP contribution in [0.1, 0.15) is 49.5 Å². The Labute approximate surface area is 165 Å². The topological polar surface area (TPSA) is 93.8 Å². The van der Waals surface area contributed by atoms with Gasteiger partial charge >= 0.3 is 0 Å². The zero-order valence-corrected chi connectivity index (χ0v) is 16.7. The number of nitrogens with one attached hydrogen (secondary N) is 1. The van der Waals surface area contributed by atoms with Gasteiger partial charge in [0.15, 0.2) is 11.5 Å². The Kier molecular flexibility index (Phi) is 6.24. The third kappa shape index (κ3) is 4.14. The van der Waals surface area contributed by atoms with Crippen LogP contribution in [0.15, 0.2) is 28.8 Å². The van der Waals surface area contributed by atoms with Gasteiger partial charge in [-0.1, -0.05) is 24.4 Å². The van der Waals surface area contributed by atoms with E-state index in [9.17, 15) is 9.90 Å². The van der Waals surface area contributed by atoms with E-state index in [0.29, 0.717) is 22.8 Å². The predicted octanol–water partition coefficient (Wildman–Crippen LogP) is 3.42. The molecule has 1 unspecified atom stereocenters. The van der Waals surface area contributed by atoms with E-state index in [4.69, 9.17) is 14.0 Å². The van der Waals surface area contributed by atoms with Crippen LogP contribution in [-0.4, -0.2) is 42.5 Å². The molecule has 7 nitrogen and oxygen atoms in total. The van der Waals surface area contributed by atoms with Crippen molar-refractivity contribution in [2.75, 3.05) is 20.8 Å². The predicted molar refractivity (Wildman–Crippen MR) is 105 cm³/mol. The summed E-state index contributed by atoms with van der Waals surface area (Å²) in [6, 6.07) is 6.89. The first-order chi connectivity index (χ1) is 13.5. The quantitative estimate of drug-likeness (QED) is 0.755. The van der Waals surface area contributed by atoms with E-state index >= 15 is 0 Å². The molecule has 1 fully saturated rings. The molecule has 2 N–H and O–H groups in total. The molecule has 152 valence electrons. The van der Waals surface area contributed by atoms with Gasteiger partial charge < -0.3 is 24.4 Å². The molecule has 0 radical (unpaired) electrons. The second-order valence-electron chi connectivity index (χ2n) is 7.51. The maximum absolute atomic E-state index is 12.8. The molecule has 3 rings (SSSR count). The Hall–Kier alpha value is -2.54. The number of rotatable bonds is 7. The summed E-state index contributed by atoms with van der Waals surface area (Å²) < 4.78 is 16.0. The Balaban J connectivity index is 1.80. The number of aliphatic hydroxyl groups is 1. The van der Waals surface area contributed by atoms with Gasteiger partial charge in [0, 0.05) is 6.07 Å². The lowest BCUT2D eigenvalue weighted by Gasteiger charge is -2.39. The van der Waals surface area contributed by atoms with Crippen molar-refractivity contribution in [3.63, 3.8) is 0 Å². The minimum Gasteiger partial charge on any atom is -0.497 e. The summed E-state index contributed by atoms with van der Waals surface area (Å²) >= 11 is 0. The van der Waals surface area contributed by atoms with E-state index in [-0.39, 0.29) is 24.1 Å². The van der Waals surface area contributed by atoms with Crippen LogP contribution in [0, 0.1) is 5.92 Å². The van der Waals surface area contributed by atoms with Crippen molar-refractivity contribution in [3.8, 4) is 22.8 Å². The first-order valence-electron chi connectivity index (χ1n) is 9.63. The van der Waals surface area contributed by atoms with Gasteiger partial charge in [-0.25, -0.2) is 0 Å². The van der Waals surface area contributed by atoms with Crippen molar-refractivity contribution in [2.24, 2.45) is 5.92 Å². The Bertz CT molecular complexity index is 813. The summed E-state index contributed by atoms with van der Waals surface area (Å²) in [5, 5.41) is 16.9. The molecule has 1 aliphatic carbocycles. The number of benzene rings is 1. The van der Waals surface area contributed by atoms with E-state index in [1.54, 1.807) is 38.5 Å². The number of ether oxygens (including phenoxy) is 2. The van der Waals surface area contributed by atoms with Gasteiger partial charge in [-0.2, -0.15) is 0 Å². The maximum Gasteiger partial charge on any atom is 0.273 e. The molecule has 1 aromatic carbocycles. The normalized spacial score (nSPS) is 17.0. The fourth-order valence-corrected chi connectivity index (χ4v) is 3.85. The lowest BCUT2D eigenvalue weighted by atomic mass is 9.76. The van der Waals surface area contributed by atoms with Crippen LogP contribution in [0.5, 0.6) is 11.5 Å². The van der Waals surface area contributed by atoms with Crippen molar-refractivity contribution in [1.82, 2.24) is 10.5 Å². The number of aromatic nitrogens is 1. The molecule has 1 saturated carbocycles. The summed E-state index contributed by atoms with van der Waals surface area (Å²) in [6.07, 6.45) is 5.46. The molecule has 0 spiro atoms. The number of methoxy groups -OCH3 is 2. The third-order valence-electron chi connectivity index (χ3n) is 5.65. The zero-order chi connectivity index (χ0) is 20.1.